The van der Waals surface area contributed by atoms with Gasteiger partial charge < -0.3 is 30.0 Å². The predicted octanol–water partition coefficient (Wildman–Crippen LogP) is 2.47. The smallest absolute Gasteiger partial charge is 0.299 e. The Morgan fingerprint density at radius 3 is 2.63 bits per heavy atom. The Kier molecular flexibility index (Phi) is 6.43. The van der Waals surface area contributed by atoms with Gasteiger partial charge in [-0.25, -0.2) is 9.97 Å². The third-order valence-corrected chi connectivity index (χ3v) is 8.11. The number of halogens is 2. The number of ether oxygens (including phenoxy) is 2. The summed E-state index contributed by atoms with van der Waals surface area (Å²) in [7, 11) is 0. The van der Waals surface area contributed by atoms with Gasteiger partial charge in [0.15, 0.2) is 5.79 Å². The molecular weight excluding hydrogens is 562 g/mol. The van der Waals surface area contributed by atoms with Gasteiger partial charge in [-0.1, -0.05) is 30.3 Å². The number of H-pyrrole nitrogens is 1. The average Bonchev–Trinajstić information content (AvgIpc) is 3.79. The number of aromatic amines is 1. The normalized spacial score (nSPS) is 19.4. The van der Waals surface area contributed by atoms with E-state index in [1.807, 2.05) is 6.07 Å². The molecular formula is C30H26F2N6O5. The van der Waals surface area contributed by atoms with Crippen LogP contribution in [0.15, 0.2) is 61.1 Å². The number of carbonyl (C=O) groups is 3. The number of benzene rings is 2. The first-order valence-corrected chi connectivity index (χ1v) is 13.8. The van der Waals surface area contributed by atoms with Crippen LogP contribution in [0.3, 0.4) is 0 Å². The number of alkyl halides is 2. The first-order chi connectivity index (χ1) is 20.7. The molecule has 3 amide bonds. The van der Waals surface area contributed by atoms with Gasteiger partial charge in [0.25, 0.3) is 11.8 Å². The minimum absolute atomic E-state index is 0.0203. The van der Waals surface area contributed by atoms with Gasteiger partial charge in [-0.3, -0.25) is 14.4 Å². The Morgan fingerprint density at radius 1 is 1.02 bits per heavy atom. The van der Waals surface area contributed by atoms with Gasteiger partial charge in [0.2, 0.25) is 11.8 Å². The van der Waals surface area contributed by atoms with E-state index in [0.29, 0.717) is 30.1 Å². The second-order valence-corrected chi connectivity index (χ2v) is 10.8. The second kappa shape index (κ2) is 10.2. The number of carbonyl (C=O) groups excluding carboxylic acids is 3. The van der Waals surface area contributed by atoms with Crippen molar-refractivity contribution >= 4 is 28.8 Å². The molecule has 0 bridgehead atoms. The molecule has 220 valence electrons. The fourth-order valence-electron chi connectivity index (χ4n) is 6.04. The monoisotopic (exact) mass is 588 g/mol. The maximum absolute atomic E-state index is 14.9. The van der Waals surface area contributed by atoms with E-state index in [2.05, 4.69) is 25.6 Å². The largest absolute Gasteiger partial charge is 0.349 e. The molecule has 4 heterocycles. The highest BCUT2D eigenvalue weighted by molar-refractivity contribution is 5.99. The lowest BCUT2D eigenvalue weighted by atomic mass is 10.0. The predicted molar refractivity (Wildman–Crippen MR) is 148 cm³/mol. The van der Waals surface area contributed by atoms with Crippen molar-refractivity contribution in [2.75, 3.05) is 26.3 Å². The van der Waals surface area contributed by atoms with Crippen LogP contribution in [-0.2, 0) is 31.5 Å². The fourth-order valence-corrected chi connectivity index (χ4v) is 6.04. The van der Waals surface area contributed by atoms with E-state index >= 15 is 0 Å². The lowest BCUT2D eigenvalue weighted by Crippen LogP contribution is -2.49. The zero-order valence-electron chi connectivity index (χ0n) is 22.7. The van der Waals surface area contributed by atoms with Crippen LogP contribution in [0, 0.1) is 0 Å². The van der Waals surface area contributed by atoms with Crippen LogP contribution in [0.4, 0.5) is 8.78 Å². The highest BCUT2D eigenvalue weighted by Crippen LogP contribution is 2.50. The van der Waals surface area contributed by atoms with Crippen molar-refractivity contribution in [3.63, 3.8) is 0 Å². The van der Waals surface area contributed by atoms with Gasteiger partial charge in [0.1, 0.15) is 18.0 Å². The number of amides is 3. The van der Waals surface area contributed by atoms with Crippen LogP contribution >= 0.6 is 0 Å². The van der Waals surface area contributed by atoms with E-state index in [9.17, 15) is 23.2 Å². The molecule has 7 rings (SSSR count). The molecule has 1 unspecified atom stereocenters. The summed E-state index contributed by atoms with van der Waals surface area (Å²) in [6, 6.07) is 11.1. The molecule has 4 aromatic rings. The highest BCUT2D eigenvalue weighted by Gasteiger charge is 2.52. The lowest BCUT2D eigenvalue weighted by molar-refractivity contribution is -0.152. The topological polar surface area (TPSA) is 139 Å². The Bertz CT molecular complexity index is 1740. The Balaban J connectivity index is 1.04. The van der Waals surface area contributed by atoms with Gasteiger partial charge in [0.05, 0.1) is 32.8 Å². The lowest BCUT2D eigenvalue weighted by Gasteiger charge is -2.24. The van der Waals surface area contributed by atoms with E-state index in [-0.39, 0.29) is 41.8 Å². The Labute approximate surface area is 243 Å². The summed E-state index contributed by atoms with van der Waals surface area (Å²) in [5.74, 6) is -5.78. The molecule has 1 spiro atoms. The molecule has 2 saturated heterocycles. The molecule has 1 aliphatic carbocycles. The number of hydrogen-bond donors (Lipinski definition) is 3. The van der Waals surface area contributed by atoms with Gasteiger partial charge >= 0.3 is 0 Å². The van der Waals surface area contributed by atoms with Crippen molar-refractivity contribution in [2.45, 2.75) is 30.7 Å². The molecule has 43 heavy (non-hydrogen) atoms. The minimum atomic E-state index is -3.16. The maximum atomic E-state index is 14.9. The third-order valence-electron chi connectivity index (χ3n) is 8.11. The summed E-state index contributed by atoms with van der Waals surface area (Å²) in [4.78, 5) is 52.3. The summed E-state index contributed by atoms with van der Waals surface area (Å²) >= 11 is 0. The molecule has 0 saturated carbocycles. The number of rotatable bonds is 6. The van der Waals surface area contributed by atoms with Crippen molar-refractivity contribution in [1.82, 2.24) is 30.5 Å². The van der Waals surface area contributed by atoms with Crippen LogP contribution < -0.4 is 10.6 Å². The third kappa shape index (κ3) is 4.70. The number of fused-ring (bicyclic) bond motifs is 4. The molecule has 0 radical (unpaired) electrons. The van der Waals surface area contributed by atoms with Crippen LogP contribution in [-0.4, -0.2) is 75.7 Å². The average molecular weight is 589 g/mol. The molecule has 2 aromatic carbocycles. The van der Waals surface area contributed by atoms with Crippen molar-refractivity contribution in [3.05, 3.63) is 83.4 Å². The van der Waals surface area contributed by atoms with Gasteiger partial charge in [-0.2, -0.15) is 8.78 Å². The Morgan fingerprint density at radius 2 is 1.81 bits per heavy atom. The molecule has 3 N–H and O–H groups in total. The van der Waals surface area contributed by atoms with E-state index in [0.717, 1.165) is 5.39 Å². The van der Waals surface area contributed by atoms with E-state index in [1.54, 1.807) is 24.4 Å². The first kappa shape index (κ1) is 27.1. The molecule has 2 aliphatic heterocycles. The zero-order valence-corrected chi connectivity index (χ0v) is 22.7. The number of nitrogens with one attached hydrogen (secondary N) is 3. The van der Waals surface area contributed by atoms with Crippen molar-refractivity contribution in [2.24, 2.45) is 0 Å². The van der Waals surface area contributed by atoms with Gasteiger partial charge in [-0.05, 0) is 29.3 Å². The van der Waals surface area contributed by atoms with Crippen LogP contribution in [0.1, 0.15) is 33.6 Å². The van der Waals surface area contributed by atoms with Crippen LogP contribution in [0.5, 0.6) is 0 Å². The summed E-state index contributed by atoms with van der Waals surface area (Å²) < 4.78 is 41.4. The number of aromatic nitrogens is 3. The standard InChI is InChI=1S/C30H26F2N6O5/c31-30(32)22-4-2-1-3-20(22)21-10-17(5-6-23(21)30)27(40)35-14-25(39)38-15-29(42-7-8-43-29)11-24(38)28(41)34-13-19-9-18-12-33-16-36-26(18)37-19/h1-6,9-10,12,16,24H,7-8,11,13-15H2,(H,34,41)(H,35,40)(H,33,36,37). The second-order valence-electron chi connectivity index (χ2n) is 10.8. The Hall–Kier alpha value is -4.75. The number of likely N-dealkylation sites (tertiary alicyclic amines) is 1. The molecule has 13 heteroatoms. The van der Waals surface area contributed by atoms with Crippen LogP contribution in [0.25, 0.3) is 22.2 Å². The number of hydrogen-bond acceptors (Lipinski definition) is 7. The summed E-state index contributed by atoms with van der Waals surface area (Å²) in [5.41, 5.74) is 1.84. The maximum Gasteiger partial charge on any atom is 0.299 e. The zero-order chi connectivity index (χ0) is 29.8. The van der Waals surface area contributed by atoms with E-state index in [1.165, 1.54) is 35.5 Å². The van der Waals surface area contributed by atoms with Crippen molar-refractivity contribution < 1.29 is 32.6 Å². The minimum Gasteiger partial charge on any atom is -0.349 e. The first-order valence-electron chi connectivity index (χ1n) is 13.8. The summed E-state index contributed by atoms with van der Waals surface area (Å²) in [6.45, 7) is 0.447. The fraction of sp³-hybridized carbons (Fsp3) is 0.300. The van der Waals surface area contributed by atoms with Gasteiger partial charge in [-0.15, -0.1) is 0 Å². The van der Waals surface area contributed by atoms with Crippen LogP contribution in [0.2, 0.25) is 0 Å². The number of nitrogens with zero attached hydrogens (tertiary/aromatic N) is 3. The van der Waals surface area contributed by atoms with E-state index in [4.69, 9.17) is 9.47 Å². The molecule has 2 aromatic heterocycles. The van der Waals surface area contributed by atoms with E-state index < -0.39 is 42.0 Å². The summed E-state index contributed by atoms with van der Waals surface area (Å²) in [6.07, 6.45) is 3.21. The molecule has 11 nitrogen and oxygen atoms in total. The van der Waals surface area contributed by atoms with Crippen molar-refractivity contribution in [3.8, 4) is 11.1 Å². The van der Waals surface area contributed by atoms with Gasteiger partial charge in [0, 0.05) is 40.4 Å². The summed E-state index contributed by atoms with van der Waals surface area (Å²) in [5, 5.41) is 6.22. The SMILES string of the molecule is O=C(NCC(=O)N1CC2(CC1C(=O)NCc1cc3cncnc3[nH]1)OCCO2)c1ccc2c(c1)-c1ccccc1C2(F)F. The molecule has 2 fully saturated rings. The van der Waals surface area contributed by atoms with Crippen molar-refractivity contribution in [1.29, 1.82) is 0 Å². The molecule has 1 atom stereocenters. The quantitative estimate of drug-likeness (QED) is 0.315. The highest BCUT2D eigenvalue weighted by atomic mass is 19.3. The molecule has 3 aliphatic rings.